The fourth-order valence-electron chi connectivity index (χ4n) is 2.07. The molecule has 0 bridgehead atoms. The summed E-state index contributed by atoms with van der Waals surface area (Å²) in [7, 11) is 0. The molecule has 0 aromatic heterocycles. The molecule has 1 aromatic rings. The normalized spacial score (nSPS) is 19.3. The van der Waals surface area contributed by atoms with E-state index in [-0.39, 0.29) is 11.8 Å². The molecule has 1 aliphatic heterocycles. The first-order valence-electron chi connectivity index (χ1n) is 5.50. The minimum atomic E-state index is -0.741. The first-order chi connectivity index (χ1) is 8.08. The number of nitrogens with one attached hydrogen (secondary N) is 1. The number of amidine groups is 1. The summed E-state index contributed by atoms with van der Waals surface area (Å²) >= 11 is 0. The van der Waals surface area contributed by atoms with Gasteiger partial charge in [-0.2, -0.15) is 0 Å². The van der Waals surface area contributed by atoms with Gasteiger partial charge >= 0.3 is 5.97 Å². The fraction of sp³-hybridized carbons (Fsp3) is 0.333. The molecule has 2 rings (SSSR count). The van der Waals surface area contributed by atoms with Crippen LogP contribution in [0.3, 0.4) is 0 Å². The van der Waals surface area contributed by atoms with E-state index < -0.39 is 5.97 Å². The third-order valence-corrected chi connectivity index (χ3v) is 3.06. The van der Waals surface area contributed by atoms with Gasteiger partial charge in [0.1, 0.15) is 5.84 Å². The van der Waals surface area contributed by atoms with E-state index >= 15 is 0 Å². The smallest absolute Gasteiger partial charge is 0.308 e. The second-order valence-corrected chi connectivity index (χ2v) is 4.23. The number of carbonyl (C=O) groups is 1. The van der Waals surface area contributed by atoms with Gasteiger partial charge in [0.05, 0.1) is 5.92 Å². The SMILES string of the molecule is N=C(N)c1cccc(N2CCC(C(=O)O)C2)c1. The number of carboxylic acid groups (broad SMARTS) is 1. The van der Waals surface area contributed by atoms with Crippen molar-refractivity contribution in [3.8, 4) is 0 Å². The van der Waals surface area contributed by atoms with Crippen molar-refractivity contribution >= 4 is 17.5 Å². The lowest BCUT2D eigenvalue weighted by molar-refractivity contribution is -0.140. The van der Waals surface area contributed by atoms with Crippen molar-refractivity contribution in [3.05, 3.63) is 29.8 Å². The molecule has 5 nitrogen and oxygen atoms in total. The number of anilines is 1. The van der Waals surface area contributed by atoms with Gasteiger partial charge in [0.2, 0.25) is 0 Å². The standard InChI is InChI=1S/C12H15N3O2/c13-11(14)8-2-1-3-10(6-8)15-5-4-9(7-15)12(16)17/h1-3,6,9H,4-5,7H2,(H3,13,14)(H,16,17). The van der Waals surface area contributed by atoms with Crippen LogP contribution in [0.5, 0.6) is 0 Å². The molecule has 0 spiro atoms. The van der Waals surface area contributed by atoms with Crippen LogP contribution in [0.25, 0.3) is 0 Å². The summed E-state index contributed by atoms with van der Waals surface area (Å²) in [5.41, 5.74) is 7.03. The van der Waals surface area contributed by atoms with E-state index in [0.717, 1.165) is 12.2 Å². The van der Waals surface area contributed by atoms with Crippen LogP contribution in [-0.4, -0.2) is 30.0 Å². The Morgan fingerprint density at radius 3 is 2.88 bits per heavy atom. The first kappa shape index (κ1) is 11.4. The molecule has 1 heterocycles. The van der Waals surface area contributed by atoms with Gasteiger partial charge in [0.25, 0.3) is 0 Å². The third-order valence-electron chi connectivity index (χ3n) is 3.06. The minimum Gasteiger partial charge on any atom is -0.481 e. The largest absolute Gasteiger partial charge is 0.481 e. The Morgan fingerprint density at radius 2 is 2.29 bits per heavy atom. The number of nitrogens with zero attached hydrogens (tertiary/aromatic N) is 1. The van der Waals surface area contributed by atoms with E-state index in [1.807, 2.05) is 23.1 Å². The molecule has 0 aliphatic carbocycles. The zero-order valence-electron chi connectivity index (χ0n) is 9.39. The zero-order chi connectivity index (χ0) is 12.4. The van der Waals surface area contributed by atoms with Crippen molar-refractivity contribution in [2.45, 2.75) is 6.42 Å². The lowest BCUT2D eigenvalue weighted by Crippen LogP contribution is -2.23. The molecule has 0 radical (unpaired) electrons. The summed E-state index contributed by atoms with van der Waals surface area (Å²) in [6, 6.07) is 7.35. The molecule has 1 aliphatic rings. The van der Waals surface area contributed by atoms with Crippen LogP contribution in [-0.2, 0) is 4.79 Å². The molecule has 1 saturated heterocycles. The molecule has 17 heavy (non-hydrogen) atoms. The maximum Gasteiger partial charge on any atom is 0.308 e. The van der Waals surface area contributed by atoms with E-state index in [9.17, 15) is 4.79 Å². The molecule has 1 atom stereocenters. The average molecular weight is 233 g/mol. The maximum absolute atomic E-state index is 10.9. The summed E-state index contributed by atoms with van der Waals surface area (Å²) in [6.45, 7) is 1.26. The van der Waals surface area contributed by atoms with Crippen LogP contribution in [0, 0.1) is 11.3 Å². The summed E-state index contributed by atoms with van der Waals surface area (Å²) in [5.74, 6) is -1.01. The lowest BCUT2D eigenvalue weighted by atomic mass is 10.1. The number of nitrogens with two attached hydrogens (primary N) is 1. The second-order valence-electron chi connectivity index (χ2n) is 4.23. The van der Waals surface area contributed by atoms with Crippen molar-refractivity contribution in [3.63, 3.8) is 0 Å². The molecular weight excluding hydrogens is 218 g/mol. The van der Waals surface area contributed by atoms with Gasteiger partial charge in [-0.25, -0.2) is 0 Å². The molecule has 0 saturated carbocycles. The lowest BCUT2D eigenvalue weighted by Gasteiger charge is -2.18. The van der Waals surface area contributed by atoms with Crippen molar-refractivity contribution in [1.29, 1.82) is 5.41 Å². The Hall–Kier alpha value is -2.04. The number of hydrogen-bond donors (Lipinski definition) is 3. The highest BCUT2D eigenvalue weighted by Gasteiger charge is 2.28. The Balaban J connectivity index is 2.16. The number of carboxylic acids is 1. The summed E-state index contributed by atoms with van der Waals surface area (Å²) in [5, 5.41) is 16.3. The molecule has 90 valence electrons. The van der Waals surface area contributed by atoms with Gasteiger partial charge in [0.15, 0.2) is 0 Å². The quantitative estimate of drug-likeness (QED) is 0.534. The van der Waals surface area contributed by atoms with Crippen LogP contribution >= 0.6 is 0 Å². The summed E-state index contributed by atoms with van der Waals surface area (Å²) < 4.78 is 0. The Labute approximate surface area is 99.4 Å². The topological polar surface area (TPSA) is 90.4 Å². The predicted molar refractivity (Wildman–Crippen MR) is 65.4 cm³/mol. The van der Waals surface area contributed by atoms with E-state index in [2.05, 4.69) is 0 Å². The van der Waals surface area contributed by atoms with Crippen LogP contribution < -0.4 is 10.6 Å². The molecule has 0 amide bonds. The summed E-state index contributed by atoms with van der Waals surface area (Å²) in [6.07, 6.45) is 0.666. The number of nitrogen functional groups attached to an aromatic ring is 1. The van der Waals surface area contributed by atoms with Gasteiger partial charge in [-0.1, -0.05) is 12.1 Å². The fourth-order valence-corrected chi connectivity index (χ4v) is 2.07. The minimum absolute atomic E-state index is 0.0285. The highest BCUT2D eigenvalue weighted by molar-refractivity contribution is 5.95. The number of benzene rings is 1. The van der Waals surface area contributed by atoms with E-state index in [1.165, 1.54) is 0 Å². The van der Waals surface area contributed by atoms with Gasteiger partial charge in [-0.15, -0.1) is 0 Å². The molecule has 1 fully saturated rings. The van der Waals surface area contributed by atoms with Crippen molar-refractivity contribution in [2.75, 3.05) is 18.0 Å². The van der Waals surface area contributed by atoms with Crippen molar-refractivity contribution in [1.82, 2.24) is 0 Å². The van der Waals surface area contributed by atoms with Gasteiger partial charge in [-0.05, 0) is 18.6 Å². The van der Waals surface area contributed by atoms with Crippen LogP contribution in [0.15, 0.2) is 24.3 Å². The van der Waals surface area contributed by atoms with E-state index in [0.29, 0.717) is 18.5 Å². The first-order valence-corrected chi connectivity index (χ1v) is 5.50. The Bertz CT molecular complexity index is 459. The highest BCUT2D eigenvalue weighted by Crippen LogP contribution is 2.24. The highest BCUT2D eigenvalue weighted by atomic mass is 16.4. The predicted octanol–water partition coefficient (Wildman–Crippen LogP) is 0.882. The second kappa shape index (κ2) is 4.45. The number of rotatable bonds is 3. The maximum atomic E-state index is 10.9. The number of hydrogen-bond acceptors (Lipinski definition) is 3. The number of aliphatic carboxylic acids is 1. The third kappa shape index (κ3) is 2.38. The van der Waals surface area contributed by atoms with Gasteiger partial charge in [0, 0.05) is 24.3 Å². The van der Waals surface area contributed by atoms with Crippen LogP contribution in [0.1, 0.15) is 12.0 Å². The Morgan fingerprint density at radius 1 is 1.53 bits per heavy atom. The van der Waals surface area contributed by atoms with Gasteiger partial charge in [-0.3, -0.25) is 10.2 Å². The van der Waals surface area contributed by atoms with Crippen molar-refractivity contribution < 1.29 is 9.90 Å². The molecular formula is C12H15N3O2. The molecule has 4 N–H and O–H groups in total. The van der Waals surface area contributed by atoms with Crippen LogP contribution in [0.2, 0.25) is 0 Å². The van der Waals surface area contributed by atoms with Crippen LogP contribution in [0.4, 0.5) is 5.69 Å². The Kier molecular flexibility index (Phi) is 2.99. The van der Waals surface area contributed by atoms with Gasteiger partial charge < -0.3 is 15.7 Å². The zero-order valence-corrected chi connectivity index (χ0v) is 9.39. The average Bonchev–Trinajstić information content (AvgIpc) is 2.78. The van der Waals surface area contributed by atoms with E-state index in [1.54, 1.807) is 6.07 Å². The molecule has 1 unspecified atom stereocenters. The molecule has 1 aromatic carbocycles. The molecule has 5 heteroatoms. The summed E-state index contributed by atoms with van der Waals surface area (Å²) in [4.78, 5) is 12.9. The van der Waals surface area contributed by atoms with Crippen molar-refractivity contribution in [2.24, 2.45) is 11.7 Å². The van der Waals surface area contributed by atoms with E-state index in [4.69, 9.17) is 16.2 Å². The monoisotopic (exact) mass is 233 g/mol.